The van der Waals surface area contributed by atoms with Crippen LogP contribution in [0.15, 0.2) is 53.0 Å². The van der Waals surface area contributed by atoms with Gasteiger partial charge in [-0.3, -0.25) is 0 Å². The summed E-state index contributed by atoms with van der Waals surface area (Å²) in [6, 6.07) is 15.9. The normalized spacial score (nSPS) is 10.5. The Morgan fingerprint density at radius 1 is 1.23 bits per heavy atom. The maximum Gasteiger partial charge on any atom is 0.223 e. The van der Waals surface area contributed by atoms with Gasteiger partial charge in [-0.05, 0) is 42.0 Å². The second kappa shape index (κ2) is 8.51. The molecule has 0 heterocycles. The van der Waals surface area contributed by atoms with E-state index in [0.717, 1.165) is 21.3 Å². The maximum absolute atomic E-state index is 5.88. The molecule has 2 aromatic carbocycles. The van der Waals surface area contributed by atoms with E-state index in [0.29, 0.717) is 11.7 Å². The molecular weight excluding hydrogens is 362 g/mol. The molecule has 6 heteroatoms. The summed E-state index contributed by atoms with van der Waals surface area (Å²) in [5, 5.41) is 6.27. The molecule has 2 rings (SSSR count). The molecule has 0 aliphatic heterocycles. The number of hydrogen-bond donors (Lipinski definition) is 3. The van der Waals surface area contributed by atoms with Gasteiger partial charge in [0.1, 0.15) is 12.4 Å². The summed E-state index contributed by atoms with van der Waals surface area (Å²) in [5.74, 6) is 0.801. The topological polar surface area (TPSA) is 47.3 Å². The van der Waals surface area contributed by atoms with Crippen LogP contribution in [-0.4, -0.2) is 18.4 Å². The Kier molecular flexibility index (Phi) is 6.36. The Labute approximate surface area is 143 Å². The highest BCUT2D eigenvalue weighted by atomic mass is 79.9. The van der Waals surface area contributed by atoms with Crippen LogP contribution in [0, 0.1) is 0 Å². The molecule has 0 saturated heterocycles. The number of para-hydroxylation sites is 1. The number of hydrazone groups is 1. The van der Waals surface area contributed by atoms with Gasteiger partial charge in [-0.15, -0.1) is 10.5 Å². The van der Waals surface area contributed by atoms with E-state index in [9.17, 15) is 0 Å². The number of halogens is 1. The minimum atomic E-state index is 0.514. The summed E-state index contributed by atoms with van der Waals surface area (Å²) in [6.07, 6.45) is 1.81. The van der Waals surface area contributed by atoms with Crippen molar-refractivity contribution in [3.63, 3.8) is 0 Å². The molecule has 0 radical (unpaired) electrons. The fourth-order valence-electron chi connectivity index (χ4n) is 1.71. The largest absolute Gasteiger partial charge is 0.488 e. The van der Waals surface area contributed by atoms with Gasteiger partial charge in [-0.1, -0.05) is 40.2 Å². The smallest absolute Gasteiger partial charge is 0.223 e. The molecule has 0 saturated carbocycles. The van der Waals surface area contributed by atoms with Crippen LogP contribution in [-0.2, 0) is 6.61 Å². The molecule has 0 aliphatic rings. The van der Waals surface area contributed by atoms with Crippen LogP contribution in [0.2, 0.25) is 0 Å². The van der Waals surface area contributed by atoms with Gasteiger partial charge in [-0.25, -0.2) is 0 Å². The average molecular weight is 379 g/mol. The van der Waals surface area contributed by atoms with Crippen LogP contribution in [0.5, 0.6) is 5.75 Å². The van der Waals surface area contributed by atoms with E-state index in [-0.39, 0.29) is 0 Å². The van der Waals surface area contributed by atoms with E-state index in [2.05, 4.69) is 31.8 Å². The van der Waals surface area contributed by atoms with Gasteiger partial charge in [0.05, 0.1) is 5.56 Å². The molecule has 4 nitrogen and oxygen atoms in total. The first-order valence-electron chi connectivity index (χ1n) is 6.72. The van der Waals surface area contributed by atoms with Crippen LogP contribution in [0.4, 0.5) is 0 Å². The van der Waals surface area contributed by atoms with Crippen molar-refractivity contribution in [1.82, 2.24) is 10.7 Å². The zero-order valence-electron chi connectivity index (χ0n) is 12.1. The lowest BCUT2D eigenvalue weighted by molar-refractivity contribution is -0.500. The number of benzene rings is 2. The molecular formula is C16H17BrN3OS+. The van der Waals surface area contributed by atoms with Crippen molar-refractivity contribution in [2.75, 3.05) is 7.05 Å². The summed E-state index contributed by atoms with van der Waals surface area (Å²) in [6.45, 7) is 0.514. The van der Waals surface area contributed by atoms with Gasteiger partial charge in [0.2, 0.25) is 11.3 Å². The molecule has 0 aliphatic carbocycles. The molecule has 0 fully saturated rings. The molecule has 2 aromatic rings. The minimum absolute atomic E-state index is 0.514. The average Bonchev–Trinajstić information content (AvgIpc) is 2.55. The van der Waals surface area contributed by atoms with Crippen molar-refractivity contribution >= 4 is 39.5 Å². The number of hydrazine groups is 1. The number of rotatable bonds is 5. The summed E-state index contributed by atoms with van der Waals surface area (Å²) >= 11 is 8.41. The number of thiocarbonyl (C=S) groups is 1. The first-order chi connectivity index (χ1) is 10.7. The van der Waals surface area contributed by atoms with E-state index in [1.54, 1.807) is 13.3 Å². The van der Waals surface area contributed by atoms with Crippen LogP contribution in [0.3, 0.4) is 0 Å². The van der Waals surface area contributed by atoms with Crippen LogP contribution in [0.1, 0.15) is 11.1 Å². The summed E-state index contributed by atoms with van der Waals surface area (Å²) in [4.78, 5) is 0. The highest BCUT2D eigenvalue weighted by molar-refractivity contribution is 9.10. The number of nitrogens with one attached hydrogen (secondary N) is 3. The highest BCUT2D eigenvalue weighted by Gasteiger charge is 2.04. The van der Waals surface area contributed by atoms with Crippen molar-refractivity contribution in [2.45, 2.75) is 6.61 Å². The van der Waals surface area contributed by atoms with Crippen molar-refractivity contribution in [1.29, 1.82) is 0 Å². The number of ether oxygens (including phenoxy) is 1. The second-order valence-electron chi connectivity index (χ2n) is 4.45. The monoisotopic (exact) mass is 378 g/mol. The quantitative estimate of drug-likeness (QED) is 0.419. The van der Waals surface area contributed by atoms with E-state index >= 15 is 0 Å². The lowest BCUT2D eigenvalue weighted by Gasteiger charge is -2.08. The Hall–Kier alpha value is -1.92. The molecule has 0 unspecified atom stereocenters. The van der Waals surface area contributed by atoms with E-state index in [1.165, 1.54) is 0 Å². The predicted molar refractivity (Wildman–Crippen MR) is 95.8 cm³/mol. The van der Waals surface area contributed by atoms with Crippen LogP contribution < -0.4 is 20.6 Å². The first-order valence-corrected chi connectivity index (χ1v) is 7.92. The van der Waals surface area contributed by atoms with E-state index < -0.39 is 0 Å². The Balaban J connectivity index is 2.01. The third kappa shape index (κ3) is 5.13. The van der Waals surface area contributed by atoms with Gasteiger partial charge in [-0.2, -0.15) is 0 Å². The number of hydrogen-bond acceptors (Lipinski definition) is 2. The van der Waals surface area contributed by atoms with Gasteiger partial charge in [0, 0.05) is 11.5 Å². The molecule has 0 spiro atoms. The molecule has 0 atom stereocenters. The van der Waals surface area contributed by atoms with Crippen molar-refractivity contribution in [3.05, 3.63) is 64.1 Å². The van der Waals surface area contributed by atoms with Gasteiger partial charge < -0.3 is 10.1 Å². The van der Waals surface area contributed by atoms with E-state index in [4.69, 9.17) is 17.0 Å². The lowest BCUT2D eigenvalue weighted by atomic mass is 10.2. The van der Waals surface area contributed by atoms with Gasteiger partial charge >= 0.3 is 0 Å². The van der Waals surface area contributed by atoms with E-state index in [1.807, 2.05) is 48.5 Å². The third-order valence-electron chi connectivity index (χ3n) is 2.87. The lowest BCUT2D eigenvalue weighted by Crippen LogP contribution is -2.82. The maximum atomic E-state index is 5.88. The highest BCUT2D eigenvalue weighted by Crippen LogP contribution is 2.17. The first kappa shape index (κ1) is 16.5. The molecule has 0 amide bonds. The summed E-state index contributed by atoms with van der Waals surface area (Å²) in [5.41, 5.74) is 4.89. The molecule has 3 N–H and O–H groups in total. The van der Waals surface area contributed by atoms with Crippen LogP contribution in [0.25, 0.3) is 0 Å². The van der Waals surface area contributed by atoms with Crippen molar-refractivity contribution < 1.29 is 9.84 Å². The summed E-state index contributed by atoms with van der Waals surface area (Å²) in [7, 11) is 1.76. The van der Waals surface area contributed by atoms with Crippen molar-refractivity contribution in [2.24, 2.45) is 0 Å². The predicted octanol–water partition coefficient (Wildman–Crippen LogP) is 1.54. The van der Waals surface area contributed by atoms with Crippen molar-refractivity contribution in [3.8, 4) is 5.75 Å². The second-order valence-corrected chi connectivity index (χ2v) is 5.77. The SMILES string of the molecule is CNC(=S)N[NH+]=Cc1ccccc1OCc1ccc(Br)cc1. The molecule has 22 heavy (non-hydrogen) atoms. The Bertz CT molecular complexity index is 659. The fourth-order valence-corrected chi connectivity index (χ4v) is 2.04. The minimum Gasteiger partial charge on any atom is -0.488 e. The zero-order chi connectivity index (χ0) is 15.8. The third-order valence-corrected chi connectivity index (χ3v) is 3.70. The Morgan fingerprint density at radius 2 is 1.95 bits per heavy atom. The van der Waals surface area contributed by atoms with Gasteiger partial charge in [0.15, 0.2) is 0 Å². The molecule has 0 aromatic heterocycles. The molecule has 0 bridgehead atoms. The zero-order valence-corrected chi connectivity index (χ0v) is 14.5. The van der Waals surface area contributed by atoms with Crippen LogP contribution >= 0.6 is 28.1 Å². The molecule has 114 valence electrons. The standard InChI is InChI=1S/C16H16BrN3OS/c1-18-16(22)20-19-10-13-4-2-3-5-15(13)21-11-12-6-8-14(17)9-7-12/h2-10H,11H2,1H3,(H2,18,20,22)/p+1. The Morgan fingerprint density at radius 3 is 2.68 bits per heavy atom. The van der Waals surface area contributed by atoms with Gasteiger partial charge in [0.25, 0.3) is 0 Å². The fraction of sp³-hybridized carbons (Fsp3) is 0.125. The summed E-state index contributed by atoms with van der Waals surface area (Å²) < 4.78 is 6.94.